The first-order valence-electron chi connectivity index (χ1n) is 9.29. The number of thioether (sulfide) groups is 1. The van der Waals surface area contributed by atoms with Gasteiger partial charge in [-0.25, -0.2) is 4.98 Å². The van der Waals surface area contributed by atoms with Gasteiger partial charge in [0.2, 0.25) is 0 Å². The van der Waals surface area contributed by atoms with E-state index in [1.165, 1.54) is 6.33 Å². The number of hydrogen-bond acceptors (Lipinski definition) is 6. The molecule has 2 N–H and O–H groups in total. The second-order valence-electron chi connectivity index (χ2n) is 7.13. The molecule has 1 atom stereocenters. The van der Waals surface area contributed by atoms with Crippen molar-refractivity contribution < 1.29 is 9.53 Å². The summed E-state index contributed by atoms with van der Waals surface area (Å²) in [6.07, 6.45) is 1.55. The Morgan fingerprint density at radius 1 is 1.41 bits per heavy atom. The summed E-state index contributed by atoms with van der Waals surface area (Å²) in [6, 6.07) is 7.66. The van der Waals surface area contributed by atoms with Crippen molar-refractivity contribution in [3.05, 3.63) is 41.7 Å². The summed E-state index contributed by atoms with van der Waals surface area (Å²) >= 11 is 1.58. The Morgan fingerprint density at radius 3 is 2.93 bits per heavy atom. The minimum atomic E-state index is -0.0611. The van der Waals surface area contributed by atoms with Crippen LogP contribution in [0.4, 0.5) is 0 Å². The van der Waals surface area contributed by atoms with E-state index >= 15 is 0 Å². The summed E-state index contributed by atoms with van der Waals surface area (Å²) < 4.78 is 5.79. The van der Waals surface area contributed by atoms with Crippen molar-refractivity contribution in [1.82, 2.24) is 25.4 Å². The highest BCUT2D eigenvalue weighted by Crippen LogP contribution is 2.18. The predicted octanol–water partition coefficient (Wildman–Crippen LogP) is 2.18. The van der Waals surface area contributed by atoms with Crippen LogP contribution >= 0.6 is 11.8 Å². The number of rotatable bonds is 8. The number of amides is 1. The molecule has 0 aliphatic carbocycles. The van der Waals surface area contributed by atoms with Gasteiger partial charge in [0, 0.05) is 37.5 Å². The molecule has 7 nitrogen and oxygen atoms in total. The molecule has 1 unspecified atom stereocenters. The third-order valence-electron chi connectivity index (χ3n) is 4.32. The highest BCUT2D eigenvalue weighted by atomic mass is 32.2. The van der Waals surface area contributed by atoms with Gasteiger partial charge in [-0.1, -0.05) is 37.7 Å². The van der Waals surface area contributed by atoms with Crippen LogP contribution in [0.5, 0.6) is 0 Å². The highest BCUT2D eigenvalue weighted by molar-refractivity contribution is 7.98. The Labute approximate surface area is 164 Å². The lowest BCUT2D eigenvalue weighted by molar-refractivity contribution is -0.0295. The molecular formula is C19H27N5O2S. The van der Waals surface area contributed by atoms with Gasteiger partial charge in [0.05, 0.1) is 12.7 Å². The molecule has 0 spiro atoms. The van der Waals surface area contributed by atoms with Crippen LogP contribution in [-0.2, 0) is 10.5 Å². The zero-order chi connectivity index (χ0) is 19.1. The van der Waals surface area contributed by atoms with E-state index < -0.39 is 0 Å². The van der Waals surface area contributed by atoms with E-state index in [1.807, 2.05) is 24.3 Å². The van der Waals surface area contributed by atoms with Crippen molar-refractivity contribution in [2.75, 3.05) is 32.8 Å². The molecule has 2 heterocycles. The number of carbonyl (C=O) groups is 1. The molecule has 1 aromatic heterocycles. The first-order chi connectivity index (χ1) is 13.1. The average Bonchev–Trinajstić information content (AvgIpc) is 3.18. The molecule has 2 aromatic rings. The Bertz CT molecular complexity index is 705. The minimum absolute atomic E-state index is 0.0547. The molecule has 1 fully saturated rings. The number of ether oxygens (including phenoxy) is 1. The van der Waals surface area contributed by atoms with Crippen molar-refractivity contribution in [3.8, 4) is 0 Å². The zero-order valence-corrected chi connectivity index (χ0v) is 16.7. The van der Waals surface area contributed by atoms with E-state index in [-0.39, 0.29) is 12.0 Å². The number of morpholine rings is 1. The number of hydrogen-bond donors (Lipinski definition) is 2. The van der Waals surface area contributed by atoms with Gasteiger partial charge in [-0.3, -0.25) is 14.8 Å². The smallest absolute Gasteiger partial charge is 0.251 e. The molecule has 1 amide bonds. The van der Waals surface area contributed by atoms with Crippen LogP contribution in [0.3, 0.4) is 0 Å². The maximum absolute atomic E-state index is 12.4. The van der Waals surface area contributed by atoms with Crippen molar-refractivity contribution in [3.63, 3.8) is 0 Å². The quantitative estimate of drug-likeness (QED) is 0.674. The number of carbonyl (C=O) groups excluding carboxylic acids is 1. The van der Waals surface area contributed by atoms with E-state index in [9.17, 15) is 4.79 Å². The molecule has 8 heteroatoms. The third-order valence-corrected chi connectivity index (χ3v) is 5.27. The molecule has 0 bridgehead atoms. The fraction of sp³-hybridized carbons (Fsp3) is 0.526. The van der Waals surface area contributed by atoms with E-state index in [1.54, 1.807) is 11.8 Å². The van der Waals surface area contributed by atoms with Crippen LogP contribution in [0.2, 0.25) is 0 Å². The molecule has 146 valence electrons. The molecule has 0 saturated carbocycles. The number of H-pyrrole nitrogens is 1. The molecule has 3 rings (SSSR count). The first kappa shape index (κ1) is 19.9. The number of nitrogens with one attached hydrogen (secondary N) is 2. The zero-order valence-electron chi connectivity index (χ0n) is 15.9. The van der Waals surface area contributed by atoms with Crippen molar-refractivity contribution in [2.45, 2.75) is 30.9 Å². The molecule has 27 heavy (non-hydrogen) atoms. The third kappa shape index (κ3) is 6.34. The van der Waals surface area contributed by atoms with Crippen LogP contribution in [-0.4, -0.2) is 64.9 Å². The fourth-order valence-corrected chi connectivity index (χ4v) is 3.80. The summed E-state index contributed by atoms with van der Waals surface area (Å²) in [5, 5.41) is 10.4. The van der Waals surface area contributed by atoms with E-state index in [2.05, 4.69) is 39.2 Å². The summed E-state index contributed by atoms with van der Waals surface area (Å²) in [6.45, 7) is 8.62. The van der Waals surface area contributed by atoms with Crippen molar-refractivity contribution in [2.24, 2.45) is 5.92 Å². The molecule has 0 radical (unpaired) electrons. The fourth-order valence-electron chi connectivity index (χ4n) is 3.06. The average molecular weight is 390 g/mol. The van der Waals surface area contributed by atoms with Gasteiger partial charge < -0.3 is 10.1 Å². The number of aromatic nitrogens is 3. The van der Waals surface area contributed by atoms with Gasteiger partial charge in [-0.15, -0.1) is 0 Å². The summed E-state index contributed by atoms with van der Waals surface area (Å²) in [5.41, 5.74) is 1.80. The van der Waals surface area contributed by atoms with Crippen LogP contribution in [0, 0.1) is 5.92 Å². The summed E-state index contributed by atoms with van der Waals surface area (Å²) in [5.74, 6) is 1.35. The second kappa shape index (κ2) is 9.87. The number of benzene rings is 1. The predicted molar refractivity (Wildman–Crippen MR) is 106 cm³/mol. The molecule has 1 aromatic carbocycles. The van der Waals surface area contributed by atoms with Gasteiger partial charge in [-0.05, 0) is 23.6 Å². The maximum Gasteiger partial charge on any atom is 0.251 e. The topological polar surface area (TPSA) is 83.1 Å². The van der Waals surface area contributed by atoms with Crippen LogP contribution in [0.25, 0.3) is 0 Å². The molecule has 1 saturated heterocycles. The molecular weight excluding hydrogens is 362 g/mol. The Kier molecular flexibility index (Phi) is 7.25. The lowest BCUT2D eigenvalue weighted by atomic mass is 10.1. The Hall–Kier alpha value is -1.90. The largest absolute Gasteiger partial charge is 0.374 e. The van der Waals surface area contributed by atoms with E-state index in [0.29, 0.717) is 18.0 Å². The first-order valence-corrected chi connectivity index (χ1v) is 10.3. The van der Waals surface area contributed by atoms with Gasteiger partial charge >= 0.3 is 0 Å². The molecule has 1 aliphatic heterocycles. The summed E-state index contributed by atoms with van der Waals surface area (Å²) in [4.78, 5) is 18.9. The Morgan fingerprint density at radius 2 is 2.22 bits per heavy atom. The SMILES string of the molecule is CC(C)CN1CCOC(CNC(=O)c2ccc(CSc3ncn[nH]3)cc2)C1. The van der Waals surface area contributed by atoms with Gasteiger partial charge in [0.1, 0.15) is 6.33 Å². The maximum atomic E-state index is 12.4. The van der Waals surface area contributed by atoms with Crippen LogP contribution in [0.15, 0.2) is 35.7 Å². The van der Waals surface area contributed by atoms with Gasteiger partial charge in [-0.2, -0.15) is 5.10 Å². The van der Waals surface area contributed by atoms with Crippen molar-refractivity contribution >= 4 is 17.7 Å². The van der Waals surface area contributed by atoms with Crippen LogP contribution < -0.4 is 5.32 Å². The highest BCUT2D eigenvalue weighted by Gasteiger charge is 2.21. The minimum Gasteiger partial charge on any atom is -0.374 e. The number of nitrogens with zero attached hydrogens (tertiary/aromatic N) is 3. The Balaban J connectivity index is 1.43. The molecule has 1 aliphatic rings. The normalized spacial score (nSPS) is 18.0. The van der Waals surface area contributed by atoms with Gasteiger partial charge in [0.15, 0.2) is 5.16 Å². The number of aromatic amines is 1. The standard InChI is InChI=1S/C19H27N5O2S/c1-14(2)10-24-7-8-26-17(11-24)9-20-18(25)16-5-3-15(4-6-16)12-27-19-21-13-22-23-19/h3-6,13-14,17H,7-12H2,1-2H3,(H,20,25)(H,21,22,23). The van der Waals surface area contributed by atoms with E-state index in [0.717, 1.165) is 42.7 Å². The lowest BCUT2D eigenvalue weighted by Gasteiger charge is -2.33. The van der Waals surface area contributed by atoms with Gasteiger partial charge in [0.25, 0.3) is 5.91 Å². The lowest BCUT2D eigenvalue weighted by Crippen LogP contribution is -2.48. The second-order valence-corrected chi connectivity index (χ2v) is 8.10. The summed E-state index contributed by atoms with van der Waals surface area (Å²) in [7, 11) is 0. The monoisotopic (exact) mass is 389 g/mol. The van der Waals surface area contributed by atoms with Crippen LogP contribution in [0.1, 0.15) is 29.8 Å². The van der Waals surface area contributed by atoms with Crippen molar-refractivity contribution in [1.29, 1.82) is 0 Å². The van der Waals surface area contributed by atoms with E-state index in [4.69, 9.17) is 4.74 Å².